The lowest BCUT2D eigenvalue weighted by Crippen LogP contribution is -2.36. The van der Waals surface area contributed by atoms with Crippen LogP contribution in [0, 0.1) is 0 Å². The molecule has 0 heterocycles. The molecular formula is C20H20ClNO4. The van der Waals surface area contributed by atoms with Gasteiger partial charge in [-0.15, -0.1) is 0 Å². The van der Waals surface area contributed by atoms with Crippen molar-refractivity contribution in [2.75, 3.05) is 13.7 Å². The predicted molar refractivity (Wildman–Crippen MR) is 98.3 cm³/mol. The van der Waals surface area contributed by atoms with Crippen molar-refractivity contribution in [3.63, 3.8) is 0 Å². The molecule has 0 radical (unpaired) electrons. The third kappa shape index (κ3) is 4.76. The number of methoxy groups -OCH3 is 1. The van der Waals surface area contributed by atoms with Crippen LogP contribution < -0.4 is 4.74 Å². The quantitative estimate of drug-likeness (QED) is 0.694. The Hall–Kier alpha value is -2.53. The number of carbonyl (C=O) groups is 2. The molecule has 1 amide bonds. The number of rotatable bonds is 7. The lowest BCUT2D eigenvalue weighted by molar-refractivity contribution is -0.135. The van der Waals surface area contributed by atoms with Crippen LogP contribution in [0.4, 0.5) is 0 Å². The van der Waals surface area contributed by atoms with Crippen molar-refractivity contribution in [2.45, 2.75) is 25.4 Å². The fourth-order valence-corrected chi connectivity index (χ4v) is 2.83. The summed E-state index contributed by atoms with van der Waals surface area (Å²) < 4.78 is 10.3. The molecule has 1 aliphatic rings. The zero-order chi connectivity index (χ0) is 18.5. The molecule has 1 saturated carbocycles. The summed E-state index contributed by atoms with van der Waals surface area (Å²) in [5, 5.41) is 0.449. The third-order valence-corrected chi connectivity index (χ3v) is 4.44. The summed E-state index contributed by atoms with van der Waals surface area (Å²) in [6, 6.07) is 14.3. The van der Waals surface area contributed by atoms with Gasteiger partial charge in [0.2, 0.25) is 0 Å². The highest BCUT2D eigenvalue weighted by atomic mass is 35.5. The average molecular weight is 374 g/mol. The first-order valence-electron chi connectivity index (χ1n) is 8.42. The van der Waals surface area contributed by atoms with Gasteiger partial charge >= 0.3 is 5.97 Å². The van der Waals surface area contributed by atoms with E-state index in [-0.39, 0.29) is 18.6 Å². The Balaban J connectivity index is 1.59. The molecule has 3 rings (SSSR count). The molecule has 0 aromatic heterocycles. The molecule has 26 heavy (non-hydrogen) atoms. The molecule has 1 fully saturated rings. The fraction of sp³-hybridized carbons (Fsp3) is 0.300. The van der Waals surface area contributed by atoms with Crippen molar-refractivity contribution in [1.82, 2.24) is 4.90 Å². The highest BCUT2D eigenvalue weighted by Gasteiger charge is 2.33. The highest BCUT2D eigenvalue weighted by molar-refractivity contribution is 6.30. The Bertz CT molecular complexity index is 787. The lowest BCUT2D eigenvalue weighted by atomic mass is 10.2. The van der Waals surface area contributed by atoms with Crippen LogP contribution in [0.25, 0.3) is 0 Å². The maximum Gasteiger partial charge on any atom is 0.338 e. The molecule has 1 aliphatic carbocycles. The van der Waals surface area contributed by atoms with Gasteiger partial charge in [-0.2, -0.15) is 0 Å². The molecule has 0 aliphatic heterocycles. The number of hydrogen-bond donors (Lipinski definition) is 0. The highest BCUT2D eigenvalue weighted by Crippen LogP contribution is 2.29. The number of benzene rings is 2. The molecule has 0 N–H and O–H groups in total. The van der Waals surface area contributed by atoms with Crippen LogP contribution in [-0.2, 0) is 16.1 Å². The normalized spacial score (nSPS) is 13.2. The Kier molecular flexibility index (Phi) is 5.78. The van der Waals surface area contributed by atoms with Crippen molar-refractivity contribution >= 4 is 23.5 Å². The molecule has 0 spiro atoms. The van der Waals surface area contributed by atoms with Crippen LogP contribution in [0.15, 0.2) is 48.5 Å². The van der Waals surface area contributed by atoms with E-state index in [1.807, 2.05) is 24.3 Å². The molecule has 0 atom stereocenters. The summed E-state index contributed by atoms with van der Waals surface area (Å²) in [7, 11) is 1.61. The number of esters is 1. The third-order valence-electron chi connectivity index (χ3n) is 4.21. The topological polar surface area (TPSA) is 55.8 Å². The van der Waals surface area contributed by atoms with Crippen LogP contribution >= 0.6 is 11.6 Å². The van der Waals surface area contributed by atoms with Crippen LogP contribution in [0.1, 0.15) is 28.8 Å². The van der Waals surface area contributed by atoms with E-state index in [4.69, 9.17) is 21.1 Å². The summed E-state index contributed by atoms with van der Waals surface area (Å²) in [5.41, 5.74) is 1.34. The number of halogens is 1. The summed E-state index contributed by atoms with van der Waals surface area (Å²) in [6.07, 6.45) is 1.95. The van der Waals surface area contributed by atoms with Gasteiger partial charge in [0.25, 0.3) is 5.91 Å². The van der Waals surface area contributed by atoms with Gasteiger partial charge in [-0.1, -0.05) is 29.8 Å². The summed E-state index contributed by atoms with van der Waals surface area (Å²) in [6.45, 7) is 0.209. The molecule has 6 heteroatoms. The van der Waals surface area contributed by atoms with Crippen LogP contribution in [0.5, 0.6) is 5.75 Å². The maximum atomic E-state index is 12.6. The summed E-state index contributed by atoms with van der Waals surface area (Å²) >= 11 is 5.87. The number of carbonyl (C=O) groups excluding carboxylic acids is 2. The predicted octanol–water partition coefficient (Wildman–Crippen LogP) is 3.70. The largest absolute Gasteiger partial charge is 0.497 e. The van der Waals surface area contributed by atoms with Gasteiger partial charge in [0.1, 0.15) is 5.75 Å². The minimum absolute atomic E-state index is 0.196. The maximum absolute atomic E-state index is 12.6. The minimum atomic E-state index is -0.555. The molecule has 2 aromatic carbocycles. The van der Waals surface area contributed by atoms with E-state index in [1.54, 1.807) is 30.2 Å². The van der Waals surface area contributed by atoms with Crippen molar-refractivity contribution in [2.24, 2.45) is 0 Å². The summed E-state index contributed by atoms with van der Waals surface area (Å²) in [5.74, 6) is 0.0215. The second-order valence-corrected chi connectivity index (χ2v) is 6.62. The van der Waals surface area contributed by atoms with Crippen LogP contribution in [-0.4, -0.2) is 36.5 Å². The van der Waals surface area contributed by atoms with E-state index in [9.17, 15) is 9.59 Å². The Morgan fingerprint density at radius 2 is 1.88 bits per heavy atom. The van der Waals surface area contributed by atoms with Crippen molar-refractivity contribution in [3.05, 3.63) is 64.7 Å². The molecule has 2 aromatic rings. The van der Waals surface area contributed by atoms with Gasteiger partial charge in [-0.25, -0.2) is 4.79 Å². The number of amides is 1. The Morgan fingerprint density at radius 1 is 1.15 bits per heavy atom. The second kappa shape index (κ2) is 8.23. The Labute approximate surface area is 157 Å². The van der Waals surface area contributed by atoms with Crippen LogP contribution in [0.2, 0.25) is 5.02 Å². The molecule has 5 nitrogen and oxygen atoms in total. The van der Waals surface area contributed by atoms with Gasteiger partial charge in [0, 0.05) is 17.6 Å². The zero-order valence-electron chi connectivity index (χ0n) is 14.5. The van der Waals surface area contributed by atoms with Gasteiger partial charge < -0.3 is 14.4 Å². The first kappa shape index (κ1) is 18.3. The average Bonchev–Trinajstić information content (AvgIpc) is 3.49. The van der Waals surface area contributed by atoms with Crippen molar-refractivity contribution in [1.29, 1.82) is 0 Å². The van der Waals surface area contributed by atoms with Crippen molar-refractivity contribution in [3.8, 4) is 5.75 Å². The molecule has 136 valence electrons. The van der Waals surface area contributed by atoms with Crippen molar-refractivity contribution < 1.29 is 19.1 Å². The smallest absolute Gasteiger partial charge is 0.338 e. The minimum Gasteiger partial charge on any atom is -0.497 e. The van der Waals surface area contributed by atoms with Gasteiger partial charge in [-0.3, -0.25) is 4.79 Å². The summed E-state index contributed by atoms with van der Waals surface area (Å²) in [4.78, 5) is 26.4. The van der Waals surface area contributed by atoms with E-state index in [1.165, 1.54) is 6.07 Å². The SMILES string of the molecule is COc1ccc(CN(C(=O)COC(=O)c2cccc(Cl)c2)C2CC2)cc1. The number of hydrogen-bond acceptors (Lipinski definition) is 4. The standard InChI is InChI=1S/C20H20ClNO4/c1-25-18-9-5-14(6-10-18)12-22(17-7-8-17)19(23)13-26-20(24)15-3-2-4-16(21)11-15/h2-6,9-11,17H,7-8,12-13H2,1H3. The van der Waals surface area contributed by atoms with E-state index in [0.717, 1.165) is 24.2 Å². The van der Waals surface area contributed by atoms with Gasteiger partial charge in [0.05, 0.1) is 12.7 Å². The van der Waals surface area contributed by atoms with E-state index >= 15 is 0 Å². The monoisotopic (exact) mass is 373 g/mol. The number of nitrogens with zero attached hydrogens (tertiary/aromatic N) is 1. The molecular weight excluding hydrogens is 354 g/mol. The molecule has 0 bridgehead atoms. The van der Waals surface area contributed by atoms with E-state index < -0.39 is 5.97 Å². The van der Waals surface area contributed by atoms with Gasteiger partial charge in [-0.05, 0) is 48.7 Å². The first-order chi connectivity index (χ1) is 12.6. The van der Waals surface area contributed by atoms with E-state index in [0.29, 0.717) is 17.1 Å². The first-order valence-corrected chi connectivity index (χ1v) is 8.79. The second-order valence-electron chi connectivity index (χ2n) is 6.19. The lowest BCUT2D eigenvalue weighted by Gasteiger charge is -2.22. The number of ether oxygens (including phenoxy) is 2. The van der Waals surface area contributed by atoms with E-state index in [2.05, 4.69) is 0 Å². The fourth-order valence-electron chi connectivity index (χ4n) is 2.64. The molecule has 0 unspecified atom stereocenters. The molecule has 0 saturated heterocycles. The van der Waals surface area contributed by atoms with Crippen LogP contribution in [0.3, 0.4) is 0 Å². The Morgan fingerprint density at radius 3 is 2.50 bits per heavy atom. The zero-order valence-corrected chi connectivity index (χ0v) is 15.2. The van der Waals surface area contributed by atoms with Gasteiger partial charge in [0.15, 0.2) is 6.61 Å².